The molecule has 1 aromatic heterocycles. The number of likely N-dealkylation sites (tertiary alicyclic amines) is 1. The molecular formula is C19H22ClN3O2. The zero-order chi connectivity index (χ0) is 17.3. The summed E-state index contributed by atoms with van der Waals surface area (Å²) in [5.74, 6) is 0.883. The van der Waals surface area contributed by atoms with Crippen molar-refractivity contribution in [3.8, 4) is 0 Å². The average Bonchev–Trinajstić information content (AvgIpc) is 3.34. The highest BCUT2D eigenvalue weighted by molar-refractivity contribution is 6.31. The number of nitrogens with zero attached hydrogens (tertiary/aromatic N) is 3. The fourth-order valence-electron chi connectivity index (χ4n) is 4.84. The Morgan fingerprint density at radius 3 is 2.68 bits per heavy atom. The third-order valence-electron chi connectivity index (χ3n) is 6.52. The van der Waals surface area contributed by atoms with E-state index in [-0.39, 0.29) is 11.8 Å². The summed E-state index contributed by atoms with van der Waals surface area (Å²) in [6.45, 7) is 3.66. The first-order valence-corrected chi connectivity index (χ1v) is 9.52. The number of aliphatic hydroxyl groups excluding tert-OH is 1. The van der Waals surface area contributed by atoms with E-state index < -0.39 is 11.6 Å². The number of piperidine rings is 1. The number of halogens is 1. The summed E-state index contributed by atoms with van der Waals surface area (Å²) in [5.41, 5.74) is 1.39. The van der Waals surface area contributed by atoms with E-state index in [2.05, 4.69) is 12.0 Å². The lowest BCUT2D eigenvalue weighted by Crippen LogP contribution is -2.48. The Balaban J connectivity index is 1.45. The molecule has 132 valence electrons. The van der Waals surface area contributed by atoms with E-state index in [9.17, 15) is 9.90 Å². The molecule has 2 aromatic rings. The van der Waals surface area contributed by atoms with Crippen LogP contribution >= 0.6 is 11.6 Å². The number of carbonyl (C=O) groups is 1. The van der Waals surface area contributed by atoms with Gasteiger partial charge in [-0.25, -0.2) is 0 Å². The molecule has 5 rings (SSSR count). The highest BCUT2D eigenvalue weighted by Gasteiger charge is 2.51. The molecule has 0 radical (unpaired) electrons. The van der Waals surface area contributed by atoms with Crippen LogP contribution in [0, 0.1) is 11.8 Å². The Bertz CT molecular complexity index is 867. The molecular weight excluding hydrogens is 338 g/mol. The molecule has 1 saturated carbocycles. The first-order chi connectivity index (χ1) is 12.0. The van der Waals surface area contributed by atoms with Gasteiger partial charge in [0.2, 0.25) is 5.91 Å². The van der Waals surface area contributed by atoms with Gasteiger partial charge in [-0.3, -0.25) is 9.48 Å². The highest BCUT2D eigenvalue weighted by Crippen LogP contribution is 2.51. The van der Waals surface area contributed by atoms with Gasteiger partial charge in [0.25, 0.3) is 0 Å². The average molecular weight is 360 g/mol. The van der Waals surface area contributed by atoms with Crippen molar-refractivity contribution >= 4 is 28.4 Å². The van der Waals surface area contributed by atoms with E-state index >= 15 is 0 Å². The number of amides is 1. The van der Waals surface area contributed by atoms with Gasteiger partial charge in [0, 0.05) is 35.0 Å². The zero-order valence-electron chi connectivity index (χ0n) is 14.3. The van der Waals surface area contributed by atoms with Gasteiger partial charge in [-0.2, -0.15) is 5.10 Å². The molecule has 1 N–H and O–H groups in total. The van der Waals surface area contributed by atoms with Crippen molar-refractivity contribution in [1.29, 1.82) is 0 Å². The summed E-state index contributed by atoms with van der Waals surface area (Å²) in [6, 6.07) is 3.77. The first-order valence-electron chi connectivity index (χ1n) is 9.14. The molecule has 25 heavy (non-hydrogen) atoms. The van der Waals surface area contributed by atoms with Gasteiger partial charge in [-0.15, -0.1) is 0 Å². The Kier molecular flexibility index (Phi) is 3.26. The minimum absolute atomic E-state index is 0.278. The molecule has 3 heterocycles. The van der Waals surface area contributed by atoms with E-state index in [4.69, 9.17) is 11.6 Å². The molecule has 2 atom stereocenters. The van der Waals surface area contributed by atoms with Crippen LogP contribution in [-0.2, 0) is 10.3 Å². The third-order valence-corrected chi connectivity index (χ3v) is 6.74. The van der Waals surface area contributed by atoms with E-state index in [0.29, 0.717) is 10.9 Å². The van der Waals surface area contributed by atoms with Crippen molar-refractivity contribution in [2.24, 2.45) is 11.8 Å². The summed E-state index contributed by atoms with van der Waals surface area (Å²) in [4.78, 5) is 14.3. The van der Waals surface area contributed by atoms with E-state index in [1.165, 1.54) is 0 Å². The SMILES string of the molecule is CC1(C2CCN(C(=O)C3CC3)CC2)[C@H](O)c2cc(Cl)cc3cnn1c23. The van der Waals surface area contributed by atoms with Gasteiger partial charge in [0.1, 0.15) is 6.10 Å². The van der Waals surface area contributed by atoms with Gasteiger partial charge in [-0.05, 0) is 50.7 Å². The second-order valence-corrected chi connectivity index (χ2v) is 8.43. The standard InChI is InChI=1S/C19H22ClN3O2/c1-19(13-4-6-22(7-5-13)18(25)11-2-3-11)17(24)15-9-14(20)8-12-10-21-23(19)16(12)15/h8-11,13,17,24H,2-7H2,1H3/t17-,19?/m1/s1. The van der Waals surface area contributed by atoms with Crippen molar-refractivity contribution in [1.82, 2.24) is 14.7 Å². The van der Waals surface area contributed by atoms with Crippen LogP contribution in [0.3, 0.4) is 0 Å². The first kappa shape index (κ1) is 15.6. The van der Waals surface area contributed by atoms with Crippen LogP contribution < -0.4 is 0 Å². The minimum atomic E-state index is -0.618. The second-order valence-electron chi connectivity index (χ2n) is 7.99. The van der Waals surface area contributed by atoms with Gasteiger partial charge in [0.15, 0.2) is 0 Å². The molecule has 2 fully saturated rings. The molecule has 1 unspecified atom stereocenters. The lowest BCUT2D eigenvalue weighted by atomic mass is 9.75. The number of carbonyl (C=O) groups excluding carboxylic acids is 1. The summed E-state index contributed by atoms with van der Waals surface area (Å²) < 4.78 is 2.00. The van der Waals surface area contributed by atoms with E-state index in [0.717, 1.165) is 55.2 Å². The van der Waals surface area contributed by atoms with E-state index in [1.54, 1.807) is 0 Å². The summed E-state index contributed by atoms with van der Waals surface area (Å²) in [6.07, 6.45) is 5.12. The molecule has 0 bridgehead atoms. The van der Waals surface area contributed by atoms with Gasteiger partial charge in [-0.1, -0.05) is 11.6 Å². The van der Waals surface area contributed by atoms with Gasteiger partial charge in [0.05, 0.1) is 17.3 Å². The minimum Gasteiger partial charge on any atom is -0.386 e. The lowest BCUT2D eigenvalue weighted by molar-refractivity contribution is -0.135. The maximum absolute atomic E-state index is 12.3. The summed E-state index contributed by atoms with van der Waals surface area (Å²) in [5, 5.41) is 17.3. The summed E-state index contributed by atoms with van der Waals surface area (Å²) in [7, 11) is 0. The largest absolute Gasteiger partial charge is 0.386 e. The molecule has 5 nitrogen and oxygen atoms in total. The van der Waals surface area contributed by atoms with E-state index in [1.807, 2.05) is 27.9 Å². The molecule has 1 aromatic carbocycles. The second kappa shape index (κ2) is 5.21. The van der Waals surface area contributed by atoms with Crippen LogP contribution in [0.2, 0.25) is 5.02 Å². The van der Waals surface area contributed by atoms with Crippen LogP contribution in [0.15, 0.2) is 18.3 Å². The molecule has 1 amide bonds. The van der Waals surface area contributed by atoms with Gasteiger partial charge < -0.3 is 10.0 Å². The fraction of sp³-hybridized carbons (Fsp3) is 0.579. The van der Waals surface area contributed by atoms with Crippen molar-refractivity contribution < 1.29 is 9.90 Å². The Hall–Kier alpha value is -1.59. The van der Waals surface area contributed by atoms with Crippen LogP contribution in [0.25, 0.3) is 10.9 Å². The molecule has 1 aliphatic carbocycles. The quantitative estimate of drug-likeness (QED) is 0.896. The number of aliphatic hydroxyl groups is 1. The number of rotatable bonds is 2. The van der Waals surface area contributed by atoms with Crippen molar-refractivity contribution in [3.05, 3.63) is 28.9 Å². The number of aromatic nitrogens is 2. The molecule has 6 heteroatoms. The number of hydrogen-bond donors (Lipinski definition) is 1. The highest BCUT2D eigenvalue weighted by atomic mass is 35.5. The van der Waals surface area contributed by atoms with Crippen molar-refractivity contribution in [2.45, 2.75) is 44.2 Å². The Labute approximate surface area is 151 Å². The predicted octanol–water partition coefficient (Wildman–Crippen LogP) is 3.10. The lowest BCUT2D eigenvalue weighted by Gasteiger charge is -2.43. The number of hydrogen-bond acceptors (Lipinski definition) is 3. The van der Waals surface area contributed by atoms with Gasteiger partial charge >= 0.3 is 0 Å². The molecule has 0 spiro atoms. The van der Waals surface area contributed by atoms with Crippen LogP contribution in [0.1, 0.15) is 44.3 Å². The van der Waals surface area contributed by atoms with Crippen molar-refractivity contribution in [2.75, 3.05) is 13.1 Å². The number of benzene rings is 1. The van der Waals surface area contributed by atoms with Crippen LogP contribution in [-0.4, -0.2) is 38.8 Å². The summed E-state index contributed by atoms with van der Waals surface area (Å²) >= 11 is 6.22. The van der Waals surface area contributed by atoms with Crippen molar-refractivity contribution in [3.63, 3.8) is 0 Å². The monoisotopic (exact) mass is 359 g/mol. The Morgan fingerprint density at radius 1 is 1.28 bits per heavy atom. The molecule has 2 aliphatic heterocycles. The topological polar surface area (TPSA) is 58.4 Å². The zero-order valence-corrected chi connectivity index (χ0v) is 15.0. The molecule has 1 saturated heterocycles. The smallest absolute Gasteiger partial charge is 0.225 e. The van der Waals surface area contributed by atoms with Crippen LogP contribution in [0.4, 0.5) is 0 Å². The maximum atomic E-state index is 12.3. The Morgan fingerprint density at radius 2 is 2.00 bits per heavy atom. The van der Waals surface area contributed by atoms with Crippen LogP contribution in [0.5, 0.6) is 0 Å². The fourth-order valence-corrected chi connectivity index (χ4v) is 5.07. The predicted molar refractivity (Wildman–Crippen MR) is 95.4 cm³/mol. The normalized spacial score (nSPS) is 29.6. The molecule has 3 aliphatic rings. The maximum Gasteiger partial charge on any atom is 0.225 e. The third kappa shape index (κ3) is 2.12.